The highest BCUT2D eigenvalue weighted by atomic mass is 35.5. The Morgan fingerprint density at radius 2 is 2.09 bits per heavy atom. The predicted octanol–water partition coefficient (Wildman–Crippen LogP) is 3.14. The van der Waals surface area contributed by atoms with Crippen molar-refractivity contribution in [2.75, 3.05) is 19.7 Å². The third-order valence-corrected chi connectivity index (χ3v) is 4.04. The average molecular weight is 326 g/mol. The molecule has 0 aliphatic carbocycles. The number of ether oxygens (including phenoxy) is 1. The van der Waals surface area contributed by atoms with Crippen molar-refractivity contribution in [2.45, 2.75) is 19.3 Å². The first kappa shape index (κ1) is 15.5. The van der Waals surface area contributed by atoms with Gasteiger partial charge in [0.05, 0.1) is 19.3 Å². The zero-order valence-corrected chi connectivity index (χ0v) is 12.7. The highest BCUT2D eigenvalue weighted by Crippen LogP contribution is 2.29. The fraction of sp³-hybridized carbons (Fsp3) is 0.375. The second kappa shape index (κ2) is 6.79. The molecule has 0 spiro atoms. The number of furan rings is 1. The van der Waals surface area contributed by atoms with Crippen LogP contribution >= 0.6 is 11.6 Å². The quantitative estimate of drug-likeness (QED) is 0.938. The van der Waals surface area contributed by atoms with Crippen LogP contribution in [0.15, 0.2) is 34.7 Å². The van der Waals surface area contributed by atoms with Crippen molar-refractivity contribution in [3.8, 4) is 0 Å². The lowest BCUT2D eigenvalue weighted by Crippen LogP contribution is -2.37. The molecule has 0 amide bonds. The topological polar surface area (TPSA) is 45.8 Å². The zero-order valence-electron chi connectivity index (χ0n) is 12.0. The van der Waals surface area contributed by atoms with E-state index in [4.69, 9.17) is 25.9 Å². The van der Waals surface area contributed by atoms with Gasteiger partial charge in [0, 0.05) is 23.7 Å². The van der Waals surface area contributed by atoms with Crippen molar-refractivity contribution < 1.29 is 18.7 Å². The second-order valence-electron chi connectivity index (χ2n) is 5.29. The molecule has 1 aromatic heterocycles. The summed E-state index contributed by atoms with van der Waals surface area (Å²) in [6.07, 6.45) is -0.186. The fourth-order valence-corrected chi connectivity index (χ4v) is 2.90. The van der Waals surface area contributed by atoms with Gasteiger partial charge in [-0.25, -0.2) is 4.39 Å². The van der Waals surface area contributed by atoms with Crippen molar-refractivity contribution >= 4 is 11.6 Å². The summed E-state index contributed by atoms with van der Waals surface area (Å²) < 4.78 is 24.4. The summed E-state index contributed by atoms with van der Waals surface area (Å²) in [6.45, 7) is 2.55. The van der Waals surface area contributed by atoms with Crippen LogP contribution in [-0.4, -0.2) is 29.7 Å². The van der Waals surface area contributed by atoms with E-state index >= 15 is 0 Å². The van der Waals surface area contributed by atoms with Crippen LogP contribution in [0.25, 0.3) is 0 Å². The van der Waals surface area contributed by atoms with Gasteiger partial charge in [0.15, 0.2) is 0 Å². The summed E-state index contributed by atoms with van der Waals surface area (Å²) in [5.41, 5.74) is 0.795. The van der Waals surface area contributed by atoms with Crippen molar-refractivity contribution in [1.82, 2.24) is 4.90 Å². The number of hydrogen-bond donors (Lipinski definition) is 1. The third-order valence-electron chi connectivity index (χ3n) is 3.71. The number of aliphatic hydroxyl groups excluding tert-OH is 1. The minimum atomic E-state index is -0.353. The van der Waals surface area contributed by atoms with Gasteiger partial charge in [-0.3, -0.25) is 4.90 Å². The molecule has 0 bridgehead atoms. The molecule has 0 radical (unpaired) electrons. The third kappa shape index (κ3) is 3.50. The molecule has 0 saturated carbocycles. The molecule has 6 heteroatoms. The lowest BCUT2D eigenvalue weighted by Gasteiger charge is -2.33. The first-order valence-electron chi connectivity index (χ1n) is 7.13. The Morgan fingerprint density at radius 1 is 1.27 bits per heavy atom. The Hall–Kier alpha value is -1.40. The van der Waals surface area contributed by atoms with Crippen LogP contribution in [0.1, 0.15) is 23.2 Å². The minimum absolute atomic E-state index is 0.100. The summed E-state index contributed by atoms with van der Waals surface area (Å²) >= 11 is 6.11. The molecule has 1 aliphatic rings. The summed E-state index contributed by atoms with van der Waals surface area (Å²) in [7, 11) is 0. The van der Waals surface area contributed by atoms with Crippen LogP contribution in [0.5, 0.6) is 0 Å². The minimum Gasteiger partial charge on any atom is -0.462 e. The van der Waals surface area contributed by atoms with E-state index in [9.17, 15) is 4.39 Å². The smallest absolute Gasteiger partial charge is 0.129 e. The molecular weight excluding hydrogens is 309 g/mol. The van der Waals surface area contributed by atoms with Crippen LogP contribution in [0.3, 0.4) is 0 Å². The van der Waals surface area contributed by atoms with E-state index in [1.807, 2.05) is 6.07 Å². The highest BCUT2D eigenvalue weighted by molar-refractivity contribution is 6.31. The van der Waals surface area contributed by atoms with Crippen molar-refractivity contribution in [3.05, 3.63) is 58.3 Å². The fourth-order valence-electron chi connectivity index (χ4n) is 2.61. The van der Waals surface area contributed by atoms with Crippen molar-refractivity contribution in [1.29, 1.82) is 0 Å². The SMILES string of the molecule is OCc1ccc(CN2CCO[C@H](c3ccc(F)cc3Cl)C2)o1. The Labute approximate surface area is 133 Å². The molecule has 3 rings (SSSR count). The maximum atomic E-state index is 13.1. The van der Waals surface area contributed by atoms with Gasteiger partial charge >= 0.3 is 0 Å². The van der Waals surface area contributed by atoms with E-state index in [1.165, 1.54) is 12.1 Å². The molecule has 1 saturated heterocycles. The maximum Gasteiger partial charge on any atom is 0.129 e. The van der Waals surface area contributed by atoms with Crippen molar-refractivity contribution in [3.63, 3.8) is 0 Å². The van der Waals surface area contributed by atoms with E-state index < -0.39 is 0 Å². The van der Waals surface area contributed by atoms with E-state index in [-0.39, 0.29) is 18.5 Å². The van der Waals surface area contributed by atoms with Crippen LogP contribution < -0.4 is 0 Å². The molecule has 118 valence electrons. The molecular formula is C16H17ClFNO3. The Balaban J connectivity index is 1.68. The van der Waals surface area contributed by atoms with E-state index in [2.05, 4.69) is 4.90 Å². The number of morpholine rings is 1. The molecule has 4 nitrogen and oxygen atoms in total. The Kier molecular flexibility index (Phi) is 4.78. The van der Waals surface area contributed by atoms with Gasteiger partial charge in [0.2, 0.25) is 0 Å². The lowest BCUT2D eigenvalue weighted by molar-refractivity contribution is -0.0348. The van der Waals surface area contributed by atoms with Crippen molar-refractivity contribution in [2.24, 2.45) is 0 Å². The number of hydrogen-bond acceptors (Lipinski definition) is 4. The van der Waals surface area contributed by atoms with E-state index in [0.717, 1.165) is 17.9 Å². The molecule has 1 N–H and O–H groups in total. The molecule has 2 aromatic rings. The molecule has 0 unspecified atom stereocenters. The average Bonchev–Trinajstić information content (AvgIpc) is 2.95. The van der Waals surface area contributed by atoms with Gasteiger partial charge in [-0.2, -0.15) is 0 Å². The largest absolute Gasteiger partial charge is 0.462 e. The van der Waals surface area contributed by atoms with Gasteiger partial charge in [-0.1, -0.05) is 17.7 Å². The monoisotopic (exact) mass is 325 g/mol. The standard InChI is InChI=1S/C16H17ClFNO3/c17-15-7-11(18)1-4-14(15)16-9-19(5-6-21-16)8-12-2-3-13(10-20)22-12/h1-4,7,16,20H,5-6,8-10H2/t16-/m0/s1. The van der Waals surface area contributed by atoms with Crippen LogP contribution in [0.4, 0.5) is 4.39 Å². The number of nitrogens with zero attached hydrogens (tertiary/aromatic N) is 1. The van der Waals surface area contributed by atoms with Crippen LogP contribution in [0, 0.1) is 5.82 Å². The highest BCUT2D eigenvalue weighted by Gasteiger charge is 2.24. The lowest BCUT2D eigenvalue weighted by atomic mass is 10.1. The van der Waals surface area contributed by atoms with Crippen LogP contribution in [-0.2, 0) is 17.9 Å². The maximum absolute atomic E-state index is 13.1. The Morgan fingerprint density at radius 3 is 2.82 bits per heavy atom. The summed E-state index contributed by atoms with van der Waals surface area (Å²) in [5, 5.41) is 9.41. The molecule has 1 aliphatic heterocycles. The number of rotatable bonds is 4. The second-order valence-corrected chi connectivity index (χ2v) is 5.69. The normalized spacial score (nSPS) is 19.5. The number of benzene rings is 1. The molecule has 1 fully saturated rings. The van der Waals surface area contributed by atoms with Gasteiger partial charge < -0.3 is 14.3 Å². The summed E-state index contributed by atoms with van der Waals surface area (Å²) in [4.78, 5) is 2.19. The summed E-state index contributed by atoms with van der Waals surface area (Å²) in [5.74, 6) is 1.00. The molecule has 1 atom stereocenters. The van der Waals surface area contributed by atoms with Gasteiger partial charge in [0.25, 0.3) is 0 Å². The predicted molar refractivity (Wildman–Crippen MR) is 80.0 cm³/mol. The Bertz CT molecular complexity index is 646. The first-order valence-corrected chi connectivity index (χ1v) is 7.51. The summed E-state index contributed by atoms with van der Waals surface area (Å²) in [6, 6.07) is 8.00. The number of halogens is 2. The molecule has 2 heterocycles. The molecule has 22 heavy (non-hydrogen) atoms. The van der Waals surface area contributed by atoms with Crippen LogP contribution in [0.2, 0.25) is 5.02 Å². The molecule has 1 aromatic carbocycles. The van der Waals surface area contributed by atoms with Gasteiger partial charge in [0.1, 0.15) is 23.9 Å². The number of aliphatic hydroxyl groups is 1. The van der Waals surface area contributed by atoms with Gasteiger partial charge in [-0.15, -0.1) is 0 Å². The van der Waals surface area contributed by atoms with E-state index in [0.29, 0.717) is 30.5 Å². The van der Waals surface area contributed by atoms with Gasteiger partial charge in [-0.05, 0) is 24.3 Å². The van der Waals surface area contributed by atoms with E-state index in [1.54, 1.807) is 12.1 Å². The first-order chi connectivity index (χ1) is 10.7. The zero-order chi connectivity index (χ0) is 15.5.